The Balaban J connectivity index is 1.48. The largest absolute Gasteiger partial charge is 0.456 e. The summed E-state index contributed by atoms with van der Waals surface area (Å²) in [5.41, 5.74) is -7.87. The Hall–Kier alpha value is -4.97. The highest BCUT2D eigenvalue weighted by atomic mass is 16.6. The minimum atomic E-state index is -2.39. The van der Waals surface area contributed by atoms with E-state index in [-0.39, 0.29) is 41.9 Å². The molecule has 0 spiro atoms. The summed E-state index contributed by atoms with van der Waals surface area (Å²) in [5.74, 6) is -5.48. The van der Waals surface area contributed by atoms with Crippen molar-refractivity contribution in [2.24, 2.45) is 16.7 Å². The number of fused-ring (bicyclic) bond motifs is 5. The highest BCUT2D eigenvalue weighted by Gasteiger charge is 2.78. The molecule has 2 saturated carbocycles. The number of benzene rings is 2. The number of esters is 3. The molecular formula is C46H57NO15. The second kappa shape index (κ2) is 17.0. The van der Waals surface area contributed by atoms with Gasteiger partial charge in [-0.2, -0.15) is 0 Å². The molecule has 6 rings (SSSR count). The Morgan fingerprint density at radius 3 is 2.29 bits per heavy atom. The number of carbonyl (C=O) groups is 5. The van der Waals surface area contributed by atoms with Crippen LogP contribution in [0.5, 0.6) is 0 Å². The van der Waals surface area contributed by atoms with Gasteiger partial charge < -0.3 is 54.5 Å². The van der Waals surface area contributed by atoms with Gasteiger partial charge >= 0.3 is 24.0 Å². The molecule has 2 aromatic carbocycles. The molecule has 1 aliphatic heterocycles. The van der Waals surface area contributed by atoms with Gasteiger partial charge in [-0.1, -0.05) is 62.4 Å². The molecule has 6 N–H and O–H groups in total. The van der Waals surface area contributed by atoms with Gasteiger partial charge in [0.2, 0.25) is 0 Å². The summed E-state index contributed by atoms with van der Waals surface area (Å²) in [6.45, 7) is 11.4. The number of hydrogen-bond acceptors (Lipinski definition) is 15. The molecule has 0 radical (unpaired) electrons. The zero-order chi connectivity index (χ0) is 45.7. The Morgan fingerprint density at radius 2 is 1.69 bits per heavy atom. The van der Waals surface area contributed by atoms with Gasteiger partial charge in [0, 0.05) is 25.2 Å². The molecular weight excluding hydrogens is 806 g/mol. The van der Waals surface area contributed by atoms with Crippen LogP contribution in [0.15, 0.2) is 71.8 Å². The van der Waals surface area contributed by atoms with E-state index in [1.807, 2.05) is 0 Å². The Kier molecular flexibility index (Phi) is 12.7. The Labute approximate surface area is 359 Å². The molecule has 4 aliphatic rings. The molecule has 62 heavy (non-hydrogen) atoms. The van der Waals surface area contributed by atoms with Crippen LogP contribution in [-0.2, 0) is 38.1 Å². The number of rotatable bonds is 10. The fraction of sp³-hybridized carbons (Fsp3) is 0.543. The number of nitrogens with one attached hydrogen (secondary N) is 1. The number of Topliss-reactive ketones (excluding diaryl/α,β-unsaturated/α-hetero) is 1. The van der Waals surface area contributed by atoms with Gasteiger partial charge in [-0.05, 0) is 75.1 Å². The predicted molar refractivity (Wildman–Crippen MR) is 220 cm³/mol. The molecule has 1 amide bonds. The molecule has 2 aromatic rings. The van der Waals surface area contributed by atoms with Crippen LogP contribution in [0.4, 0.5) is 4.79 Å². The number of ether oxygens (including phenoxy) is 5. The summed E-state index contributed by atoms with van der Waals surface area (Å²) < 4.78 is 29.6. The Morgan fingerprint density at radius 1 is 1.02 bits per heavy atom. The zero-order valence-electron chi connectivity index (χ0n) is 36.1. The molecule has 3 fully saturated rings. The Bertz CT molecular complexity index is 2140. The van der Waals surface area contributed by atoms with Crippen LogP contribution < -0.4 is 5.32 Å². The molecule has 1 saturated heterocycles. The summed E-state index contributed by atoms with van der Waals surface area (Å²) in [6.07, 6.45) is -8.72. The van der Waals surface area contributed by atoms with E-state index in [4.69, 9.17) is 23.7 Å². The summed E-state index contributed by atoms with van der Waals surface area (Å²) >= 11 is 0. The summed E-state index contributed by atoms with van der Waals surface area (Å²) in [5, 5.41) is 61.3. The number of alkyl carbamates (subject to hydrolysis) is 1. The molecule has 0 unspecified atom stereocenters. The van der Waals surface area contributed by atoms with Crippen molar-refractivity contribution >= 4 is 35.9 Å². The third kappa shape index (κ3) is 8.08. The maximum Gasteiger partial charge on any atom is 0.408 e. The standard InChI is InChI=1S/C46H57NO15/c1-24-29(59-40(55)35(52)33(47-41(56)62-42(3,4)5)28-18-12-14-26(20-28)15-13-19-48)22-46(57)38(60-39(54)27-16-10-9-11-17-27)36-44(8,37(53)34(51)32(24)43(46,6)7)30(50)21-31-45(36,23-58-31)61-25(2)49/h9-18,20,29-31,33-36,38,48,50-52,57H,19,21-23H2,1-8H3,(H,47,56)/b15-13+/t29-,30-,31+,33-,34+,35+,36-,38-,44+,45-,46+/m0/s1. The second-order valence-corrected chi connectivity index (χ2v) is 18.4. The van der Waals surface area contributed by atoms with Crippen molar-refractivity contribution in [2.45, 2.75) is 128 Å². The van der Waals surface area contributed by atoms with Crippen LogP contribution in [0.3, 0.4) is 0 Å². The first-order valence-corrected chi connectivity index (χ1v) is 20.6. The van der Waals surface area contributed by atoms with Crippen molar-refractivity contribution in [3.63, 3.8) is 0 Å². The van der Waals surface area contributed by atoms with Crippen LogP contribution in [0.2, 0.25) is 0 Å². The fourth-order valence-corrected chi connectivity index (χ4v) is 9.94. The molecule has 3 aliphatic carbocycles. The normalized spacial score (nSPS) is 32.4. The lowest BCUT2D eigenvalue weighted by atomic mass is 9.44. The number of hydrogen-bond donors (Lipinski definition) is 6. The number of aliphatic hydroxyl groups is 5. The smallest absolute Gasteiger partial charge is 0.408 e. The van der Waals surface area contributed by atoms with Crippen LogP contribution in [-0.4, -0.2) is 122 Å². The van der Waals surface area contributed by atoms with Gasteiger partial charge in [-0.25, -0.2) is 14.4 Å². The number of aliphatic hydroxyl groups excluding tert-OH is 4. The van der Waals surface area contributed by atoms with Gasteiger partial charge in [0.25, 0.3) is 0 Å². The quantitative estimate of drug-likeness (QED) is 0.114. The summed E-state index contributed by atoms with van der Waals surface area (Å²) in [4.78, 5) is 69.5. The fourth-order valence-electron chi connectivity index (χ4n) is 9.94. The van der Waals surface area contributed by atoms with E-state index >= 15 is 4.79 Å². The van der Waals surface area contributed by atoms with Gasteiger partial charge in [0.05, 0.1) is 42.3 Å². The van der Waals surface area contributed by atoms with Crippen molar-refractivity contribution in [1.82, 2.24) is 5.32 Å². The van der Waals surface area contributed by atoms with Gasteiger partial charge in [0.1, 0.15) is 35.6 Å². The molecule has 336 valence electrons. The van der Waals surface area contributed by atoms with E-state index in [9.17, 15) is 44.7 Å². The lowest BCUT2D eigenvalue weighted by Crippen LogP contribution is -2.81. The summed E-state index contributed by atoms with van der Waals surface area (Å²) in [7, 11) is 0. The van der Waals surface area contributed by atoms with Crippen molar-refractivity contribution in [2.75, 3.05) is 13.2 Å². The van der Waals surface area contributed by atoms with Crippen molar-refractivity contribution in [3.05, 3.63) is 88.5 Å². The molecule has 1 heterocycles. The molecule has 16 nitrogen and oxygen atoms in total. The van der Waals surface area contributed by atoms with Crippen LogP contribution in [0.25, 0.3) is 6.08 Å². The predicted octanol–water partition coefficient (Wildman–Crippen LogP) is 3.27. The molecule has 2 bridgehead atoms. The summed E-state index contributed by atoms with van der Waals surface area (Å²) in [6, 6.07) is 12.8. The third-order valence-electron chi connectivity index (χ3n) is 13.1. The van der Waals surface area contributed by atoms with E-state index in [0.29, 0.717) is 5.56 Å². The van der Waals surface area contributed by atoms with Gasteiger partial charge in [-0.3, -0.25) is 9.59 Å². The second-order valence-electron chi connectivity index (χ2n) is 18.4. The van der Waals surface area contributed by atoms with E-state index in [1.165, 1.54) is 45.9 Å². The monoisotopic (exact) mass is 863 g/mol. The van der Waals surface area contributed by atoms with Crippen LogP contribution in [0.1, 0.15) is 95.8 Å². The molecule has 0 aromatic heterocycles. The molecule has 16 heteroatoms. The van der Waals surface area contributed by atoms with E-state index in [2.05, 4.69) is 5.32 Å². The SMILES string of the molecule is CC(=O)O[C@@]12CO[C@@H]1C[C@H](O)[C@@]1(C)C(=O)[C@H](O)C3=C(C)[C@@H](OC(=O)[C@H](O)[C@@H](NC(=O)OC(C)(C)C)c4cccc(/C=C/CO)c4)C[C@@](O)([C@@H](OC(=O)c4ccccc4)[C@H]21)C3(C)C. The third-order valence-corrected chi connectivity index (χ3v) is 13.1. The van der Waals surface area contributed by atoms with E-state index in [0.717, 1.165) is 6.92 Å². The van der Waals surface area contributed by atoms with E-state index in [1.54, 1.807) is 69.3 Å². The average molecular weight is 864 g/mol. The van der Waals surface area contributed by atoms with Crippen molar-refractivity contribution < 1.29 is 73.2 Å². The number of carbonyl (C=O) groups excluding carboxylic acids is 5. The highest BCUT2D eigenvalue weighted by molar-refractivity contribution is 5.94. The number of amides is 1. The van der Waals surface area contributed by atoms with Gasteiger partial charge in [0.15, 0.2) is 17.5 Å². The molecule has 11 atom stereocenters. The maximum absolute atomic E-state index is 15.0. The van der Waals surface area contributed by atoms with Gasteiger partial charge in [-0.15, -0.1) is 0 Å². The number of ketones is 1. The van der Waals surface area contributed by atoms with Crippen molar-refractivity contribution in [1.29, 1.82) is 0 Å². The van der Waals surface area contributed by atoms with Crippen LogP contribution in [0, 0.1) is 16.7 Å². The zero-order valence-corrected chi connectivity index (χ0v) is 36.1. The highest BCUT2D eigenvalue weighted by Crippen LogP contribution is 2.64. The average Bonchev–Trinajstić information content (AvgIpc) is 3.19. The minimum absolute atomic E-state index is 0.0663. The van der Waals surface area contributed by atoms with E-state index < -0.39 is 112 Å². The lowest BCUT2D eigenvalue weighted by Gasteiger charge is -2.67. The van der Waals surface area contributed by atoms with Crippen molar-refractivity contribution in [3.8, 4) is 0 Å². The maximum atomic E-state index is 15.0. The topological polar surface area (TPSA) is 245 Å². The first-order valence-electron chi connectivity index (χ1n) is 20.6. The first-order chi connectivity index (χ1) is 28.9. The first kappa shape index (κ1) is 46.5. The minimum Gasteiger partial charge on any atom is -0.456 e. The van der Waals surface area contributed by atoms with Crippen LogP contribution >= 0.6 is 0 Å². The lowest BCUT2D eigenvalue weighted by molar-refractivity contribution is -0.346.